The lowest BCUT2D eigenvalue weighted by atomic mass is 9.32. The number of amides is 2. The van der Waals surface area contributed by atoms with Gasteiger partial charge in [0.1, 0.15) is 6.10 Å². The zero-order valence-corrected chi connectivity index (χ0v) is 29.0. The molecule has 5 saturated carbocycles. The highest BCUT2D eigenvalue weighted by Gasteiger charge is 2.71. The van der Waals surface area contributed by atoms with E-state index in [4.69, 9.17) is 4.74 Å². The molecule has 0 saturated heterocycles. The average Bonchev–Trinajstić information content (AvgIpc) is 3.30. The first-order chi connectivity index (χ1) is 20.3. The fourth-order valence-corrected chi connectivity index (χ4v) is 12.5. The van der Waals surface area contributed by atoms with Crippen LogP contribution in [0.2, 0.25) is 0 Å². The van der Waals surface area contributed by atoms with Gasteiger partial charge in [0.2, 0.25) is 0 Å². The molecular formula is C37H60N2O5. The molecule has 7 nitrogen and oxygen atoms in total. The highest BCUT2D eigenvalue weighted by Crippen LogP contribution is 2.76. The number of aliphatic carboxylic acids is 1. The number of hydrogen-bond donors (Lipinski definition) is 3. The third-order valence-corrected chi connectivity index (χ3v) is 15.0. The van der Waals surface area contributed by atoms with Gasteiger partial charge >= 0.3 is 18.0 Å². The number of carboxylic acid groups (broad SMARTS) is 1. The van der Waals surface area contributed by atoms with Crippen molar-refractivity contribution in [3.05, 3.63) is 12.2 Å². The molecule has 0 bridgehead atoms. The van der Waals surface area contributed by atoms with E-state index in [1.807, 2.05) is 0 Å². The molecule has 0 aliphatic heterocycles. The maximum Gasteiger partial charge on any atom is 0.314 e. The summed E-state index contributed by atoms with van der Waals surface area (Å²) in [6.07, 6.45) is 10.5. The summed E-state index contributed by atoms with van der Waals surface area (Å²) in [5, 5.41) is 15.9. The number of allylic oxidation sites excluding steroid dienone is 1. The second kappa shape index (κ2) is 10.8. The summed E-state index contributed by atoms with van der Waals surface area (Å²) in [4.78, 5) is 37.4. The zero-order chi connectivity index (χ0) is 32.7. The van der Waals surface area contributed by atoms with Crippen molar-refractivity contribution in [1.29, 1.82) is 0 Å². The molecule has 5 aliphatic rings. The van der Waals surface area contributed by atoms with Gasteiger partial charge in [-0.25, -0.2) is 4.79 Å². The van der Waals surface area contributed by atoms with Gasteiger partial charge in [-0.05, 0) is 131 Å². The lowest BCUT2D eigenvalue weighted by Crippen LogP contribution is -2.69. The Hall–Kier alpha value is -2.05. The summed E-state index contributed by atoms with van der Waals surface area (Å²) in [5.41, 5.74) is 0.295. The number of fused-ring (bicyclic) bond motifs is 7. The van der Waals surface area contributed by atoms with Gasteiger partial charge < -0.3 is 20.5 Å². The van der Waals surface area contributed by atoms with Crippen LogP contribution in [0.1, 0.15) is 126 Å². The molecule has 3 unspecified atom stereocenters. The number of ether oxygens (including phenoxy) is 1. The predicted octanol–water partition coefficient (Wildman–Crippen LogP) is 7.74. The molecule has 0 spiro atoms. The second-order valence-electron chi connectivity index (χ2n) is 17.8. The summed E-state index contributed by atoms with van der Waals surface area (Å²) in [5.74, 6) is 1.05. The third kappa shape index (κ3) is 4.75. The fraction of sp³-hybridized carbons (Fsp3) is 0.865. The molecule has 3 N–H and O–H groups in total. The smallest absolute Gasteiger partial charge is 0.314 e. The van der Waals surface area contributed by atoms with Gasteiger partial charge in [0.25, 0.3) is 0 Å². The summed E-state index contributed by atoms with van der Waals surface area (Å²) in [6.45, 7) is 22.2. The lowest BCUT2D eigenvalue weighted by Gasteiger charge is -2.73. The lowest BCUT2D eigenvalue weighted by molar-refractivity contribution is -0.246. The van der Waals surface area contributed by atoms with E-state index >= 15 is 0 Å². The van der Waals surface area contributed by atoms with Crippen LogP contribution in [0.25, 0.3) is 0 Å². The quantitative estimate of drug-likeness (QED) is 0.210. The minimum atomic E-state index is -1.14. The van der Waals surface area contributed by atoms with E-state index in [0.717, 1.165) is 44.9 Å². The van der Waals surface area contributed by atoms with Gasteiger partial charge in [-0.2, -0.15) is 0 Å². The van der Waals surface area contributed by atoms with E-state index < -0.39 is 17.4 Å². The molecule has 10 atom stereocenters. The molecule has 0 aromatic carbocycles. The van der Waals surface area contributed by atoms with E-state index in [2.05, 4.69) is 58.8 Å². The van der Waals surface area contributed by atoms with Gasteiger partial charge in [-0.15, -0.1) is 0 Å². The fourth-order valence-electron chi connectivity index (χ4n) is 12.5. The molecule has 5 rings (SSSR count). The number of carbonyl (C=O) groups is 3. The largest absolute Gasteiger partial charge is 0.481 e. The molecule has 0 aromatic heterocycles. The van der Waals surface area contributed by atoms with Crippen molar-refractivity contribution in [1.82, 2.24) is 10.6 Å². The van der Waals surface area contributed by atoms with Crippen LogP contribution in [0.15, 0.2) is 12.2 Å². The number of carbonyl (C=O) groups excluding carboxylic acids is 2. The van der Waals surface area contributed by atoms with Crippen LogP contribution < -0.4 is 10.6 Å². The van der Waals surface area contributed by atoms with Crippen LogP contribution >= 0.6 is 0 Å². The van der Waals surface area contributed by atoms with Crippen LogP contribution in [-0.2, 0) is 14.3 Å². The number of esters is 1. The van der Waals surface area contributed by atoms with Crippen molar-refractivity contribution in [2.24, 2.45) is 56.7 Å². The number of rotatable bonds is 6. The maximum atomic E-state index is 13.0. The average molecular weight is 613 g/mol. The molecule has 5 aliphatic carbocycles. The predicted molar refractivity (Wildman–Crippen MR) is 173 cm³/mol. The Morgan fingerprint density at radius 1 is 0.886 bits per heavy atom. The van der Waals surface area contributed by atoms with Gasteiger partial charge in [-0.1, -0.05) is 46.8 Å². The highest BCUT2D eigenvalue weighted by molar-refractivity contribution is 5.81. The minimum absolute atomic E-state index is 0.0555. The van der Waals surface area contributed by atoms with Crippen molar-refractivity contribution in [2.75, 3.05) is 7.05 Å². The molecule has 44 heavy (non-hydrogen) atoms. The number of urea groups is 1. The van der Waals surface area contributed by atoms with Gasteiger partial charge in [0.05, 0.1) is 11.8 Å². The molecule has 248 valence electrons. The Labute approximate surface area is 266 Å². The maximum absolute atomic E-state index is 13.0. The monoisotopic (exact) mass is 612 g/mol. The second-order valence-corrected chi connectivity index (χ2v) is 17.8. The van der Waals surface area contributed by atoms with E-state index in [1.54, 1.807) is 20.9 Å². The topological polar surface area (TPSA) is 105 Å². The Kier molecular flexibility index (Phi) is 8.14. The van der Waals surface area contributed by atoms with E-state index in [9.17, 15) is 19.5 Å². The van der Waals surface area contributed by atoms with E-state index in [1.165, 1.54) is 24.8 Å². The number of carboxylic acids is 1. The highest BCUT2D eigenvalue weighted by atomic mass is 16.5. The number of hydrogen-bond acceptors (Lipinski definition) is 4. The summed E-state index contributed by atoms with van der Waals surface area (Å²) < 4.78 is 6.14. The molecule has 7 heteroatoms. The van der Waals surface area contributed by atoms with Crippen molar-refractivity contribution in [3.8, 4) is 0 Å². The minimum Gasteiger partial charge on any atom is -0.481 e. The van der Waals surface area contributed by atoms with Crippen molar-refractivity contribution in [3.63, 3.8) is 0 Å². The van der Waals surface area contributed by atoms with Crippen molar-refractivity contribution >= 4 is 18.0 Å². The SMILES string of the molecule is C=C(C)[C@@H]1CC[C@]2(NC(=O)NC)CC[C@]3(C)[C@H](CC[C@@H]4C5(C)CCC(OC(=O)CC(C)(C)C(=O)O)C(C)(C)[C@@H]5CCC43C)[C@@H]12. The normalized spacial score (nSPS) is 44.2. The Morgan fingerprint density at radius 3 is 2.18 bits per heavy atom. The first-order valence-electron chi connectivity index (χ1n) is 17.4. The van der Waals surface area contributed by atoms with Crippen LogP contribution in [0.4, 0.5) is 4.79 Å². The van der Waals surface area contributed by atoms with E-state index in [0.29, 0.717) is 29.6 Å². The van der Waals surface area contributed by atoms with Crippen molar-refractivity contribution < 1.29 is 24.2 Å². The zero-order valence-electron chi connectivity index (χ0n) is 29.0. The van der Waals surface area contributed by atoms with Gasteiger partial charge in [-0.3, -0.25) is 9.59 Å². The molecule has 5 fully saturated rings. The van der Waals surface area contributed by atoms with Crippen LogP contribution in [-0.4, -0.2) is 41.8 Å². The van der Waals surface area contributed by atoms with Crippen LogP contribution in [0.5, 0.6) is 0 Å². The van der Waals surface area contributed by atoms with Crippen LogP contribution in [0, 0.1) is 56.7 Å². The third-order valence-electron chi connectivity index (χ3n) is 15.0. The van der Waals surface area contributed by atoms with Crippen molar-refractivity contribution in [2.45, 2.75) is 138 Å². The molecule has 0 heterocycles. The molecular weight excluding hydrogens is 552 g/mol. The summed E-state index contributed by atoms with van der Waals surface area (Å²) in [7, 11) is 1.72. The summed E-state index contributed by atoms with van der Waals surface area (Å²) >= 11 is 0. The van der Waals surface area contributed by atoms with E-state index in [-0.39, 0.29) is 45.8 Å². The Bertz CT molecular complexity index is 1210. The standard InChI is InChI=1S/C37H60N2O5/c1-22(2)23-13-18-37(39-31(43)38-10)20-19-35(8)24(29(23)37)11-12-26-34(7)16-15-27(44-28(40)21-32(3,4)30(41)42)33(5,6)25(34)14-17-36(26,35)9/h23-27,29H,1,11-21H2,2-10H3,(H,41,42)(H2,38,39,43)/t23-,24+,25-,26+,27?,29+,34?,35+,36?,37-/m0/s1. The van der Waals surface area contributed by atoms with Crippen LogP contribution in [0.3, 0.4) is 0 Å². The Balaban J connectivity index is 1.42. The number of nitrogens with one attached hydrogen (secondary N) is 2. The molecule has 0 radical (unpaired) electrons. The van der Waals surface area contributed by atoms with Gasteiger partial charge in [0.15, 0.2) is 0 Å². The van der Waals surface area contributed by atoms with Gasteiger partial charge in [0, 0.05) is 18.0 Å². The molecule has 2 amide bonds. The molecule has 0 aromatic rings. The summed E-state index contributed by atoms with van der Waals surface area (Å²) in [6, 6.07) is -0.0555. The first-order valence-corrected chi connectivity index (χ1v) is 17.4. The Morgan fingerprint density at radius 2 is 1.57 bits per heavy atom. The first kappa shape index (κ1) is 33.3.